The van der Waals surface area contributed by atoms with Crippen molar-refractivity contribution in [1.82, 2.24) is 15.3 Å². The van der Waals surface area contributed by atoms with E-state index in [0.29, 0.717) is 0 Å². The molecule has 0 radical (unpaired) electrons. The van der Waals surface area contributed by atoms with Crippen molar-refractivity contribution in [2.24, 2.45) is 0 Å². The van der Waals surface area contributed by atoms with E-state index in [9.17, 15) is 0 Å². The van der Waals surface area contributed by atoms with Crippen molar-refractivity contribution in [2.75, 3.05) is 6.54 Å². The van der Waals surface area contributed by atoms with Crippen LogP contribution in [0.1, 0.15) is 62.1 Å². The largest absolute Gasteiger partial charge is 0.311 e. The summed E-state index contributed by atoms with van der Waals surface area (Å²) in [5, 5.41) is 7.88. The first-order valence-corrected chi connectivity index (χ1v) is 9.47. The molecule has 0 unspecified atom stereocenters. The third-order valence-electron chi connectivity index (χ3n) is 3.32. The van der Waals surface area contributed by atoms with E-state index in [1.165, 1.54) is 20.6 Å². The molecule has 1 aliphatic rings. The molecule has 0 saturated heterocycles. The van der Waals surface area contributed by atoms with Gasteiger partial charge < -0.3 is 5.32 Å². The predicted octanol–water partition coefficient (Wildman–Crippen LogP) is 4.53. The molecule has 1 aliphatic heterocycles. The van der Waals surface area contributed by atoms with Gasteiger partial charge in [0.05, 0.1) is 15.7 Å². The zero-order chi connectivity index (χ0) is 16.4. The molecule has 0 atom stereocenters. The van der Waals surface area contributed by atoms with E-state index in [2.05, 4.69) is 51.8 Å². The first kappa shape index (κ1) is 17.6. The normalized spacial score (nSPS) is 15.0. The maximum Gasteiger partial charge on any atom is 0.0985 e. The monoisotopic (exact) mass is 337 g/mol. The third kappa shape index (κ3) is 4.61. The molecule has 0 bridgehead atoms. The van der Waals surface area contributed by atoms with Gasteiger partial charge in [0.15, 0.2) is 0 Å². The lowest BCUT2D eigenvalue weighted by molar-refractivity contribution is 0.578. The van der Waals surface area contributed by atoms with Gasteiger partial charge in [-0.1, -0.05) is 41.5 Å². The Hall–Kier alpha value is -0.780. The van der Waals surface area contributed by atoms with Crippen molar-refractivity contribution in [1.29, 1.82) is 0 Å². The number of nitrogens with one attached hydrogen (secondary N) is 1. The van der Waals surface area contributed by atoms with Crippen LogP contribution in [0.2, 0.25) is 0 Å². The molecule has 1 N–H and O–H groups in total. The second-order valence-corrected chi connectivity index (χ2v) is 9.63. The molecule has 0 aromatic carbocycles. The van der Waals surface area contributed by atoms with Crippen LogP contribution in [0.5, 0.6) is 0 Å². The first-order chi connectivity index (χ1) is 10.2. The van der Waals surface area contributed by atoms with Gasteiger partial charge in [-0.3, -0.25) is 0 Å². The summed E-state index contributed by atoms with van der Waals surface area (Å²) in [7, 11) is 0. The summed E-state index contributed by atoms with van der Waals surface area (Å²) < 4.78 is 0. The Kier molecular flexibility index (Phi) is 5.41. The van der Waals surface area contributed by atoms with E-state index in [4.69, 9.17) is 4.98 Å². The van der Waals surface area contributed by atoms with Crippen LogP contribution in [0.3, 0.4) is 0 Å². The van der Waals surface area contributed by atoms with Crippen molar-refractivity contribution in [2.45, 2.75) is 65.3 Å². The highest BCUT2D eigenvalue weighted by molar-refractivity contribution is 7.12. The van der Waals surface area contributed by atoms with Crippen LogP contribution in [0, 0.1) is 0 Å². The number of fused-ring (bicyclic) bond motifs is 1. The summed E-state index contributed by atoms with van der Waals surface area (Å²) in [6.07, 6.45) is 2.95. The fraction of sp³-hybridized carbons (Fsp3) is 0.647. The Morgan fingerprint density at radius 2 is 1.73 bits per heavy atom. The topological polar surface area (TPSA) is 37.8 Å². The standard InChI is InChI=1S/C10H16N2S.C7H11NS/c1-10(2,3)9-12-7-4-5-11-6-8(7)13-9;1-7(2,3)6-8-4-5-9-6/h11H,4-6H2,1-3H3;4-5H,1-3H3. The Morgan fingerprint density at radius 1 is 1.05 bits per heavy atom. The number of aromatic nitrogens is 2. The molecule has 2 aromatic rings. The van der Waals surface area contributed by atoms with E-state index in [1.807, 2.05) is 22.9 Å². The molecule has 122 valence electrons. The lowest BCUT2D eigenvalue weighted by atomic mass is 9.98. The van der Waals surface area contributed by atoms with Gasteiger partial charge >= 0.3 is 0 Å². The average Bonchev–Trinajstić information content (AvgIpc) is 3.07. The Morgan fingerprint density at radius 3 is 2.18 bits per heavy atom. The van der Waals surface area contributed by atoms with Crippen molar-refractivity contribution in [3.8, 4) is 0 Å². The highest BCUT2D eigenvalue weighted by atomic mass is 32.1. The second-order valence-electron chi connectivity index (χ2n) is 7.65. The zero-order valence-corrected chi connectivity index (χ0v) is 16.1. The van der Waals surface area contributed by atoms with Crippen LogP contribution < -0.4 is 5.32 Å². The van der Waals surface area contributed by atoms with E-state index in [-0.39, 0.29) is 10.8 Å². The van der Waals surface area contributed by atoms with Crippen LogP contribution in [-0.4, -0.2) is 16.5 Å². The summed E-state index contributed by atoms with van der Waals surface area (Å²) in [6, 6.07) is 0. The van der Waals surface area contributed by atoms with Crippen LogP contribution in [0.25, 0.3) is 0 Å². The zero-order valence-electron chi connectivity index (χ0n) is 14.5. The summed E-state index contributed by atoms with van der Waals surface area (Å²) in [5.74, 6) is 0. The summed E-state index contributed by atoms with van der Waals surface area (Å²) >= 11 is 3.59. The van der Waals surface area contributed by atoms with Gasteiger partial charge in [-0.05, 0) is 0 Å². The summed E-state index contributed by atoms with van der Waals surface area (Å²) in [6.45, 7) is 15.3. The molecule has 3 heterocycles. The van der Waals surface area contributed by atoms with Crippen LogP contribution in [0.4, 0.5) is 0 Å². The van der Waals surface area contributed by atoms with Gasteiger partial charge in [0.1, 0.15) is 0 Å². The van der Waals surface area contributed by atoms with E-state index in [0.717, 1.165) is 19.5 Å². The maximum absolute atomic E-state index is 4.70. The van der Waals surface area contributed by atoms with Gasteiger partial charge in [-0.25, -0.2) is 9.97 Å². The fourth-order valence-electron chi connectivity index (χ4n) is 2.04. The molecule has 0 saturated carbocycles. The number of thiazole rings is 2. The minimum Gasteiger partial charge on any atom is -0.311 e. The SMILES string of the molecule is CC(C)(C)c1nc2c(s1)CNCC2.CC(C)(C)c1nccs1. The fourth-order valence-corrected chi connectivity index (χ4v) is 3.90. The minimum atomic E-state index is 0.210. The maximum atomic E-state index is 4.70. The Labute approximate surface area is 142 Å². The molecule has 2 aromatic heterocycles. The molecule has 0 aliphatic carbocycles. The van der Waals surface area contributed by atoms with Crippen LogP contribution in [-0.2, 0) is 23.8 Å². The Bertz CT molecular complexity index is 563. The molecule has 3 nitrogen and oxygen atoms in total. The van der Waals surface area contributed by atoms with Gasteiger partial charge in [0, 0.05) is 46.8 Å². The van der Waals surface area contributed by atoms with Crippen molar-refractivity contribution in [3.05, 3.63) is 32.2 Å². The lowest BCUT2D eigenvalue weighted by Crippen LogP contribution is -2.22. The molecule has 3 rings (SSSR count). The van der Waals surface area contributed by atoms with E-state index < -0.39 is 0 Å². The van der Waals surface area contributed by atoms with Crippen molar-refractivity contribution in [3.63, 3.8) is 0 Å². The predicted molar refractivity (Wildman–Crippen MR) is 97.0 cm³/mol. The molecule has 0 amide bonds. The lowest BCUT2D eigenvalue weighted by Gasteiger charge is -2.13. The number of nitrogens with zero attached hydrogens (tertiary/aromatic N) is 2. The first-order valence-electron chi connectivity index (χ1n) is 7.77. The summed E-state index contributed by atoms with van der Waals surface area (Å²) in [4.78, 5) is 10.3. The van der Waals surface area contributed by atoms with Gasteiger partial charge in [0.2, 0.25) is 0 Å². The Balaban J connectivity index is 0.000000172. The number of rotatable bonds is 0. The number of hydrogen-bond acceptors (Lipinski definition) is 5. The van der Waals surface area contributed by atoms with Gasteiger partial charge in [0.25, 0.3) is 0 Å². The molecule has 5 heteroatoms. The number of hydrogen-bond donors (Lipinski definition) is 1. The summed E-state index contributed by atoms with van der Waals surface area (Å²) in [5.41, 5.74) is 1.77. The smallest absolute Gasteiger partial charge is 0.0985 e. The molecule has 0 fully saturated rings. The molecular formula is C17H27N3S2. The average molecular weight is 338 g/mol. The quantitative estimate of drug-likeness (QED) is 0.767. The van der Waals surface area contributed by atoms with Crippen LogP contribution in [0.15, 0.2) is 11.6 Å². The molecular weight excluding hydrogens is 310 g/mol. The third-order valence-corrected chi connectivity index (χ3v) is 6.04. The molecule has 0 spiro atoms. The highest BCUT2D eigenvalue weighted by Gasteiger charge is 2.22. The van der Waals surface area contributed by atoms with E-state index in [1.54, 1.807) is 11.3 Å². The minimum absolute atomic E-state index is 0.210. The van der Waals surface area contributed by atoms with Crippen molar-refractivity contribution < 1.29 is 0 Å². The van der Waals surface area contributed by atoms with Crippen LogP contribution >= 0.6 is 22.7 Å². The van der Waals surface area contributed by atoms with Gasteiger partial charge in [-0.2, -0.15) is 0 Å². The highest BCUT2D eigenvalue weighted by Crippen LogP contribution is 2.30. The molecule has 22 heavy (non-hydrogen) atoms. The van der Waals surface area contributed by atoms with Crippen molar-refractivity contribution >= 4 is 22.7 Å². The van der Waals surface area contributed by atoms with Gasteiger partial charge in [-0.15, -0.1) is 22.7 Å². The second kappa shape index (κ2) is 6.77. The van der Waals surface area contributed by atoms with E-state index >= 15 is 0 Å².